The fourth-order valence-corrected chi connectivity index (χ4v) is 3.71. The quantitative estimate of drug-likeness (QED) is 0.622. The molecule has 0 radical (unpaired) electrons. The molecule has 3 aromatic rings. The number of ketones is 1. The Morgan fingerprint density at radius 3 is 2.29 bits per heavy atom. The molecule has 0 saturated carbocycles. The summed E-state index contributed by atoms with van der Waals surface area (Å²) in [7, 11) is 0. The summed E-state index contributed by atoms with van der Waals surface area (Å²) in [6.07, 6.45) is 1.24. The SMILES string of the molecule is O=C(NCC(=O)N1CCC(C(=O)c2ccccc2)CC1)c1cc(-c2ccccc2)on1. The van der Waals surface area contributed by atoms with Crippen molar-refractivity contribution in [1.82, 2.24) is 15.4 Å². The zero-order chi connectivity index (χ0) is 21.6. The Morgan fingerprint density at radius 2 is 1.61 bits per heavy atom. The van der Waals surface area contributed by atoms with Gasteiger partial charge in [-0.05, 0) is 12.8 Å². The topological polar surface area (TPSA) is 92.5 Å². The van der Waals surface area contributed by atoms with Crippen LogP contribution in [0.5, 0.6) is 0 Å². The second-order valence-corrected chi connectivity index (χ2v) is 7.51. The van der Waals surface area contributed by atoms with Crippen LogP contribution in [0.4, 0.5) is 0 Å². The molecule has 4 rings (SSSR count). The third kappa shape index (κ3) is 4.88. The Balaban J connectivity index is 1.26. The molecule has 1 aliphatic rings. The fourth-order valence-electron chi connectivity index (χ4n) is 3.71. The van der Waals surface area contributed by atoms with Crippen LogP contribution in [0.2, 0.25) is 0 Å². The minimum atomic E-state index is -0.464. The van der Waals surface area contributed by atoms with Gasteiger partial charge in [-0.3, -0.25) is 14.4 Å². The summed E-state index contributed by atoms with van der Waals surface area (Å²) in [6, 6.07) is 20.1. The number of amides is 2. The Kier molecular flexibility index (Phi) is 6.21. The van der Waals surface area contributed by atoms with E-state index in [-0.39, 0.29) is 29.8 Å². The van der Waals surface area contributed by atoms with Gasteiger partial charge in [0.2, 0.25) is 5.91 Å². The van der Waals surface area contributed by atoms with Crippen LogP contribution in [0.15, 0.2) is 71.3 Å². The van der Waals surface area contributed by atoms with Crippen molar-refractivity contribution in [2.24, 2.45) is 5.92 Å². The third-order valence-corrected chi connectivity index (χ3v) is 5.48. The van der Waals surface area contributed by atoms with Crippen LogP contribution in [0.25, 0.3) is 11.3 Å². The number of benzene rings is 2. The van der Waals surface area contributed by atoms with Gasteiger partial charge in [0.05, 0.1) is 6.54 Å². The van der Waals surface area contributed by atoms with E-state index in [1.165, 1.54) is 0 Å². The molecule has 7 heteroatoms. The number of Topliss-reactive ketones (excluding diaryl/α,β-unsaturated/α-hetero) is 1. The predicted octanol–water partition coefficient (Wildman–Crippen LogP) is 3.19. The lowest BCUT2D eigenvalue weighted by Crippen LogP contribution is -2.45. The first-order chi connectivity index (χ1) is 15.1. The molecule has 158 valence electrons. The van der Waals surface area contributed by atoms with Crippen molar-refractivity contribution >= 4 is 17.6 Å². The maximum absolute atomic E-state index is 12.6. The molecule has 2 aromatic carbocycles. The summed E-state index contributed by atoms with van der Waals surface area (Å²) in [4.78, 5) is 39.1. The van der Waals surface area contributed by atoms with Gasteiger partial charge in [-0.1, -0.05) is 65.8 Å². The molecule has 2 amide bonds. The van der Waals surface area contributed by atoms with Gasteiger partial charge in [0.15, 0.2) is 17.2 Å². The van der Waals surface area contributed by atoms with E-state index in [0.717, 1.165) is 5.56 Å². The van der Waals surface area contributed by atoms with Crippen molar-refractivity contribution in [3.05, 3.63) is 78.0 Å². The highest BCUT2D eigenvalue weighted by atomic mass is 16.5. The lowest BCUT2D eigenvalue weighted by molar-refractivity contribution is -0.131. The van der Waals surface area contributed by atoms with Crippen molar-refractivity contribution in [3.63, 3.8) is 0 Å². The van der Waals surface area contributed by atoms with E-state index in [2.05, 4.69) is 10.5 Å². The minimum Gasteiger partial charge on any atom is -0.355 e. The van der Waals surface area contributed by atoms with Crippen LogP contribution in [-0.2, 0) is 4.79 Å². The normalized spacial score (nSPS) is 14.3. The van der Waals surface area contributed by atoms with Gasteiger partial charge < -0.3 is 14.7 Å². The molecule has 1 aliphatic heterocycles. The van der Waals surface area contributed by atoms with Crippen molar-refractivity contribution in [2.45, 2.75) is 12.8 Å². The monoisotopic (exact) mass is 417 g/mol. The maximum Gasteiger partial charge on any atom is 0.273 e. The molecule has 1 fully saturated rings. The van der Waals surface area contributed by atoms with E-state index in [0.29, 0.717) is 37.3 Å². The first-order valence-electron chi connectivity index (χ1n) is 10.3. The van der Waals surface area contributed by atoms with E-state index >= 15 is 0 Å². The van der Waals surface area contributed by atoms with E-state index in [1.54, 1.807) is 11.0 Å². The summed E-state index contributed by atoms with van der Waals surface area (Å²) >= 11 is 0. The minimum absolute atomic E-state index is 0.0763. The van der Waals surface area contributed by atoms with Crippen molar-refractivity contribution in [3.8, 4) is 11.3 Å². The largest absolute Gasteiger partial charge is 0.355 e. The number of hydrogen-bond donors (Lipinski definition) is 1. The number of nitrogens with one attached hydrogen (secondary N) is 1. The first-order valence-corrected chi connectivity index (χ1v) is 10.3. The van der Waals surface area contributed by atoms with E-state index in [4.69, 9.17) is 4.52 Å². The number of hydrogen-bond acceptors (Lipinski definition) is 5. The number of rotatable bonds is 6. The van der Waals surface area contributed by atoms with E-state index in [9.17, 15) is 14.4 Å². The molecule has 1 aromatic heterocycles. The van der Waals surface area contributed by atoms with Crippen LogP contribution >= 0.6 is 0 Å². The average molecular weight is 417 g/mol. The van der Waals surface area contributed by atoms with Crippen molar-refractivity contribution in [2.75, 3.05) is 19.6 Å². The highest BCUT2D eigenvalue weighted by Crippen LogP contribution is 2.22. The second kappa shape index (κ2) is 9.38. The zero-order valence-corrected chi connectivity index (χ0v) is 17.0. The molecule has 31 heavy (non-hydrogen) atoms. The van der Waals surface area contributed by atoms with Crippen LogP contribution < -0.4 is 5.32 Å². The summed E-state index contributed by atoms with van der Waals surface area (Å²) < 4.78 is 5.23. The Hall–Kier alpha value is -3.74. The van der Waals surface area contributed by atoms with Gasteiger partial charge in [-0.15, -0.1) is 0 Å². The highest BCUT2D eigenvalue weighted by molar-refractivity contribution is 5.98. The Morgan fingerprint density at radius 1 is 0.968 bits per heavy atom. The molecular formula is C24H23N3O4. The number of carbonyl (C=O) groups excluding carboxylic acids is 3. The van der Waals surface area contributed by atoms with Gasteiger partial charge in [0, 0.05) is 36.2 Å². The average Bonchev–Trinajstić information content (AvgIpc) is 3.34. The lowest BCUT2D eigenvalue weighted by Gasteiger charge is -2.31. The number of likely N-dealkylation sites (tertiary alicyclic amines) is 1. The standard InChI is InChI=1S/C24H23N3O4/c28-22(27-13-11-19(12-14-27)23(29)18-9-5-2-6-10-18)16-25-24(30)20-15-21(31-26-20)17-7-3-1-4-8-17/h1-10,15,19H,11-14,16H2,(H,25,30). The lowest BCUT2D eigenvalue weighted by atomic mass is 9.89. The van der Waals surface area contributed by atoms with Crippen LogP contribution in [-0.4, -0.2) is 47.3 Å². The summed E-state index contributed by atoms with van der Waals surface area (Å²) in [6.45, 7) is 0.879. The van der Waals surface area contributed by atoms with Gasteiger partial charge in [-0.2, -0.15) is 0 Å². The van der Waals surface area contributed by atoms with Crippen LogP contribution in [0, 0.1) is 5.92 Å². The number of nitrogens with zero attached hydrogens (tertiary/aromatic N) is 2. The molecular weight excluding hydrogens is 394 g/mol. The molecule has 0 unspecified atom stereocenters. The van der Waals surface area contributed by atoms with E-state index < -0.39 is 5.91 Å². The smallest absolute Gasteiger partial charge is 0.273 e. The molecule has 0 aliphatic carbocycles. The second-order valence-electron chi connectivity index (χ2n) is 7.51. The van der Waals surface area contributed by atoms with Gasteiger partial charge in [0.1, 0.15) is 0 Å². The number of carbonyl (C=O) groups is 3. The van der Waals surface area contributed by atoms with Crippen molar-refractivity contribution < 1.29 is 18.9 Å². The molecule has 0 bridgehead atoms. The maximum atomic E-state index is 12.6. The number of piperidine rings is 1. The molecule has 1 N–H and O–H groups in total. The predicted molar refractivity (Wildman–Crippen MR) is 114 cm³/mol. The summed E-state index contributed by atoms with van der Waals surface area (Å²) in [5.41, 5.74) is 1.65. The first kappa shape index (κ1) is 20.5. The fraction of sp³-hybridized carbons (Fsp3) is 0.250. The summed E-state index contributed by atoms with van der Waals surface area (Å²) in [5.74, 6) is -0.102. The molecule has 0 spiro atoms. The molecule has 7 nitrogen and oxygen atoms in total. The number of aromatic nitrogens is 1. The van der Waals surface area contributed by atoms with Crippen molar-refractivity contribution in [1.29, 1.82) is 0 Å². The molecule has 0 atom stereocenters. The Bertz CT molecular complexity index is 1050. The third-order valence-electron chi connectivity index (χ3n) is 5.48. The van der Waals surface area contributed by atoms with Gasteiger partial charge in [0.25, 0.3) is 5.91 Å². The van der Waals surface area contributed by atoms with Crippen LogP contribution in [0.3, 0.4) is 0 Å². The highest BCUT2D eigenvalue weighted by Gasteiger charge is 2.28. The van der Waals surface area contributed by atoms with Gasteiger partial charge >= 0.3 is 0 Å². The summed E-state index contributed by atoms with van der Waals surface area (Å²) in [5, 5.41) is 6.39. The van der Waals surface area contributed by atoms with Gasteiger partial charge in [-0.25, -0.2) is 0 Å². The van der Waals surface area contributed by atoms with E-state index in [1.807, 2.05) is 60.7 Å². The zero-order valence-electron chi connectivity index (χ0n) is 17.0. The molecule has 2 heterocycles. The molecule has 1 saturated heterocycles. The van der Waals surface area contributed by atoms with Crippen LogP contribution in [0.1, 0.15) is 33.7 Å². The Labute approximate surface area is 180 Å².